The van der Waals surface area contributed by atoms with Gasteiger partial charge < -0.3 is 10.4 Å². The van der Waals surface area contributed by atoms with Gasteiger partial charge in [0.2, 0.25) is 0 Å². The number of rotatable bonds is 4. The Morgan fingerprint density at radius 3 is 2.50 bits per heavy atom. The van der Waals surface area contributed by atoms with Crippen molar-refractivity contribution in [1.82, 2.24) is 0 Å². The molecule has 3 unspecified atom stereocenters. The first-order chi connectivity index (χ1) is 14.2. The summed E-state index contributed by atoms with van der Waals surface area (Å²) in [5.41, 5.74) is 5.17. The molecule has 0 amide bonds. The number of hydrogen-bond acceptors (Lipinski definition) is 2. The number of nitrogens with one attached hydrogen (secondary N) is 1. The predicted molar refractivity (Wildman–Crippen MR) is 111 cm³/mol. The molecule has 1 saturated carbocycles. The lowest BCUT2D eigenvalue weighted by molar-refractivity contribution is -0.143. The van der Waals surface area contributed by atoms with Crippen molar-refractivity contribution < 1.29 is 23.1 Å². The molecule has 3 nitrogen and oxygen atoms in total. The lowest BCUT2D eigenvalue weighted by atomic mass is 9.71. The normalized spacial score (nSPS) is 23.1. The van der Waals surface area contributed by atoms with E-state index in [4.69, 9.17) is 0 Å². The van der Waals surface area contributed by atoms with Crippen LogP contribution in [0.3, 0.4) is 0 Å². The minimum atomic E-state index is -4.23. The van der Waals surface area contributed by atoms with E-state index < -0.39 is 18.6 Å². The summed E-state index contributed by atoms with van der Waals surface area (Å²) in [7, 11) is 0. The van der Waals surface area contributed by atoms with Gasteiger partial charge in [-0.3, -0.25) is 4.79 Å². The van der Waals surface area contributed by atoms with Crippen molar-refractivity contribution in [2.45, 2.75) is 44.8 Å². The number of para-hydroxylation sites is 1. The number of carboxylic acid groups (broad SMARTS) is 1. The van der Waals surface area contributed by atoms with E-state index in [0.29, 0.717) is 12.8 Å². The largest absolute Gasteiger partial charge is 0.481 e. The Balaban J connectivity index is 1.68. The fraction of sp³-hybridized carbons (Fsp3) is 0.375. The van der Waals surface area contributed by atoms with Crippen LogP contribution in [0, 0.1) is 11.8 Å². The second kappa shape index (κ2) is 7.82. The molecule has 2 aromatic rings. The van der Waals surface area contributed by atoms with Gasteiger partial charge in [0.1, 0.15) is 0 Å². The molecule has 3 atom stereocenters. The fourth-order valence-electron chi connectivity index (χ4n) is 4.73. The molecule has 1 fully saturated rings. The van der Waals surface area contributed by atoms with Crippen LogP contribution in [-0.4, -0.2) is 23.3 Å². The van der Waals surface area contributed by atoms with Gasteiger partial charge in [0, 0.05) is 17.3 Å². The van der Waals surface area contributed by atoms with Gasteiger partial charge in [-0.05, 0) is 47.4 Å². The van der Waals surface area contributed by atoms with Gasteiger partial charge in [-0.25, -0.2) is 0 Å². The molecule has 1 aliphatic heterocycles. The molecule has 2 aromatic carbocycles. The van der Waals surface area contributed by atoms with E-state index in [2.05, 4.69) is 18.3 Å². The van der Waals surface area contributed by atoms with Crippen LogP contribution >= 0.6 is 0 Å². The SMILES string of the molecule is CCC1CC(C(=O)O)CC2Nc3c(cccc3-c3ccc(CC(F)(F)F)cc3)C=C12. The molecule has 1 heterocycles. The van der Waals surface area contributed by atoms with Crippen molar-refractivity contribution in [1.29, 1.82) is 0 Å². The zero-order chi connectivity index (χ0) is 21.5. The first kappa shape index (κ1) is 20.5. The number of hydrogen-bond donors (Lipinski definition) is 2. The number of aliphatic carboxylic acids is 1. The van der Waals surface area contributed by atoms with E-state index in [0.717, 1.165) is 28.8 Å². The van der Waals surface area contributed by atoms with Gasteiger partial charge in [-0.15, -0.1) is 0 Å². The van der Waals surface area contributed by atoms with Crippen molar-refractivity contribution in [3.8, 4) is 11.1 Å². The highest BCUT2D eigenvalue weighted by Gasteiger charge is 2.37. The second-order valence-electron chi connectivity index (χ2n) is 8.21. The van der Waals surface area contributed by atoms with Crippen molar-refractivity contribution in [3.63, 3.8) is 0 Å². The Morgan fingerprint density at radius 2 is 1.87 bits per heavy atom. The summed E-state index contributed by atoms with van der Waals surface area (Å²) in [5.74, 6) is -0.899. The molecular formula is C24H24F3NO2. The smallest absolute Gasteiger partial charge is 0.393 e. The van der Waals surface area contributed by atoms with E-state index in [1.807, 2.05) is 18.2 Å². The average Bonchev–Trinajstić information content (AvgIpc) is 2.70. The molecule has 0 saturated heterocycles. The molecule has 30 heavy (non-hydrogen) atoms. The van der Waals surface area contributed by atoms with Crippen LogP contribution in [0.4, 0.5) is 18.9 Å². The van der Waals surface area contributed by atoms with Gasteiger partial charge in [-0.2, -0.15) is 13.2 Å². The van der Waals surface area contributed by atoms with E-state index in [1.54, 1.807) is 12.1 Å². The van der Waals surface area contributed by atoms with Gasteiger partial charge in [0.05, 0.1) is 12.3 Å². The Labute approximate surface area is 173 Å². The maximum atomic E-state index is 12.6. The second-order valence-corrected chi connectivity index (χ2v) is 8.21. The predicted octanol–water partition coefficient (Wildman–Crippen LogP) is 6.16. The number of carbonyl (C=O) groups is 1. The van der Waals surface area contributed by atoms with Crippen LogP contribution in [-0.2, 0) is 11.2 Å². The third-order valence-corrected chi connectivity index (χ3v) is 6.21. The van der Waals surface area contributed by atoms with Crippen molar-refractivity contribution in [3.05, 3.63) is 59.2 Å². The lowest BCUT2D eigenvalue weighted by Gasteiger charge is -2.40. The van der Waals surface area contributed by atoms with E-state index >= 15 is 0 Å². The van der Waals surface area contributed by atoms with E-state index in [9.17, 15) is 23.1 Å². The van der Waals surface area contributed by atoms with Crippen LogP contribution < -0.4 is 5.32 Å². The van der Waals surface area contributed by atoms with Crippen LogP contribution in [0.5, 0.6) is 0 Å². The molecule has 0 bridgehead atoms. The quantitative estimate of drug-likeness (QED) is 0.629. The topological polar surface area (TPSA) is 49.3 Å². The van der Waals surface area contributed by atoms with E-state index in [1.165, 1.54) is 17.7 Å². The number of fused-ring (bicyclic) bond motifs is 2. The summed E-state index contributed by atoms with van der Waals surface area (Å²) < 4.78 is 37.9. The number of anilines is 1. The molecule has 1 aliphatic carbocycles. The van der Waals surface area contributed by atoms with Crippen LogP contribution in [0.2, 0.25) is 0 Å². The van der Waals surface area contributed by atoms with Crippen molar-refractivity contribution in [2.75, 3.05) is 5.32 Å². The zero-order valence-electron chi connectivity index (χ0n) is 16.7. The number of benzene rings is 2. The molecule has 0 aromatic heterocycles. The highest BCUT2D eigenvalue weighted by atomic mass is 19.4. The number of halogens is 3. The molecule has 158 valence electrons. The van der Waals surface area contributed by atoms with Gasteiger partial charge in [-0.1, -0.05) is 55.5 Å². The Bertz CT molecular complexity index is 979. The monoisotopic (exact) mass is 415 g/mol. The first-order valence-corrected chi connectivity index (χ1v) is 10.2. The summed E-state index contributed by atoms with van der Waals surface area (Å²) in [5, 5.41) is 13.1. The number of carboxylic acids is 1. The van der Waals surface area contributed by atoms with Gasteiger partial charge in [0.25, 0.3) is 0 Å². The Kier molecular flexibility index (Phi) is 5.35. The number of alkyl halides is 3. The molecule has 2 N–H and O–H groups in total. The lowest BCUT2D eigenvalue weighted by Crippen LogP contribution is -2.39. The van der Waals surface area contributed by atoms with Crippen molar-refractivity contribution >= 4 is 17.7 Å². The summed E-state index contributed by atoms with van der Waals surface area (Å²) in [6.07, 6.45) is -0.912. The van der Waals surface area contributed by atoms with Crippen LogP contribution in [0.1, 0.15) is 37.3 Å². The standard InChI is InChI=1S/C24H24F3NO2/c1-2-15-10-18(23(29)30)12-21-20(15)11-17-4-3-5-19(22(17)28-21)16-8-6-14(7-9-16)13-24(25,26)27/h3-9,11,15,18,21,28H,2,10,12-13H2,1H3,(H,29,30). The zero-order valence-corrected chi connectivity index (χ0v) is 16.7. The molecule has 2 aliphatic rings. The van der Waals surface area contributed by atoms with E-state index in [-0.39, 0.29) is 23.4 Å². The van der Waals surface area contributed by atoms with Crippen molar-refractivity contribution in [2.24, 2.45) is 11.8 Å². The third kappa shape index (κ3) is 4.09. The fourth-order valence-corrected chi connectivity index (χ4v) is 4.73. The van der Waals surface area contributed by atoms with Gasteiger partial charge in [0.15, 0.2) is 0 Å². The molecule has 6 heteroatoms. The van der Waals surface area contributed by atoms with Crippen LogP contribution in [0.25, 0.3) is 17.2 Å². The minimum Gasteiger partial charge on any atom is -0.481 e. The summed E-state index contributed by atoms with van der Waals surface area (Å²) >= 11 is 0. The first-order valence-electron chi connectivity index (χ1n) is 10.2. The molecule has 4 rings (SSSR count). The minimum absolute atomic E-state index is 0.0389. The summed E-state index contributed by atoms with van der Waals surface area (Å²) in [6, 6.07) is 12.3. The summed E-state index contributed by atoms with van der Waals surface area (Å²) in [6.45, 7) is 2.08. The maximum absolute atomic E-state index is 12.6. The Hall–Kier alpha value is -2.76. The molecule has 0 spiro atoms. The highest BCUT2D eigenvalue weighted by Crippen LogP contribution is 2.44. The van der Waals surface area contributed by atoms with Crippen LogP contribution in [0.15, 0.2) is 48.0 Å². The molecular weight excluding hydrogens is 391 g/mol. The highest BCUT2D eigenvalue weighted by molar-refractivity contribution is 5.88. The maximum Gasteiger partial charge on any atom is 0.393 e. The average molecular weight is 415 g/mol. The van der Waals surface area contributed by atoms with Gasteiger partial charge >= 0.3 is 12.1 Å². The summed E-state index contributed by atoms with van der Waals surface area (Å²) in [4.78, 5) is 11.6. The Morgan fingerprint density at radius 1 is 1.13 bits per heavy atom. The molecule has 0 radical (unpaired) electrons. The third-order valence-electron chi connectivity index (χ3n) is 6.21.